The Morgan fingerprint density at radius 3 is 2.64 bits per heavy atom. The molecule has 0 atom stereocenters. The van der Waals surface area contributed by atoms with Gasteiger partial charge in [-0.2, -0.15) is 8.78 Å². The first-order valence-corrected chi connectivity index (χ1v) is 4.00. The molecular formula is C5H5ClF2N2S. The molecule has 1 aromatic rings. The van der Waals surface area contributed by atoms with Crippen molar-refractivity contribution in [2.24, 2.45) is 0 Å². The van der Waals surface area contributed by atoms with E-state index in [0.29, 0.717) is 0 Å². The van der Waals surface area contributed by atoms with Gasteiger partial charge in [0, 0.05) is 24.1 Å². The molecule has 0 saturated heterocycles. The molecule has 0 unspecified atom stereocenters. The van der Waals surface area contributed by atoms with Crippen LogP contribution in [0.25, 0.3) is 0 Å². The Balaban J connectivity index is 2.89. The van der Waals surface area contributed by atoms with E-state index in [4.69, 9.17) is 11.8 Å². The second-order valence-corrected chi connectivity index (χ2v) is 3.07. The van der Waals surface area contributed by atoms with Crippen LogP contribution in [0, 0.1) is 0 Å². The summed E-state index contributed by atoms with van der Waals surface area (Å²) in [6, 6.07) is 0. The smallest absolute Gasteiger partial charge is 0.274 e. The van der Waals surface area contributed by atoms with E-state index in [0.717, 1.165) is 18.3 Å². The van der Waals surface area contributed by atoms with Crippen LogP contribution in [0.1, 0.15) is 12.6 Å². The zero-order valence-corrected chi connectivity index (χ0v) is 7.14. The van der Waals surface area contributed by atoms with Crippen LogP contribution in [-0.4, -0.2) is 4.98 Å². The molecule has 0 radical (unpaired) electrons. The molecule has 1 N–H and O–H groups in total. The summed E-state index contributed by atoms with van der Waals surface area (Å²) < 4.78 is 25.0. The number of rotatable bonds is 2. The first kappa shape index (κ1) is 8.67. The number of hydrogen-bond donors (Lipinski definition) is 1. The minimum atomic E-state index is -2.89. The van der Waals surface area contributed by atoms with Crippen LogP contribution in [0.15, 0.2) is 5.38 Å². The predicted octanol–water partition coefficient (Wildman–Crippen LogP) is 2.82. The number of anilines is 1. The number of nitrogens with zero attached hydrogens (tertiary/aromatic N) is 1. The highest BCUT2D eigenvalue weighted by atomic mass is 35.5. The molecular weight excluding hydrogens is 194 g/mol. The van der Waals surface area contributed by atoms with Gasteiger partial charge in [0.25, 0.3) is 5.92 Å². The molecule has 0 aliphatic rings. The van der Waals surface area contributed by atoms with Gasteiger partial charge in [0.05, 0.1) is 0 Å². The standard InChI is InChI=1S/C5H5ClF2N2S/c1-5(7,8)3-2-11-4(9-3)10-6/h2H,1H3,(H,9,10). The summed E-state index contributed by atoms with van der Waals surface area (Å²) in [4.78, 5) is 5.69. The average molecular weight is 199 g/mol. The van der Waals surface area contributed by atoms with Crippen LogP contribution in [0.4, 0.5) is 13.9 Å². The highest BCUT2D eigenvalue weighted by Crippen LogP contribution is 2.29. The van der Waals surface area contributed by atoms with Crippen LogP contribution in [0.2, 0.25) is 0 Å². The van der Waals surface area contributed by atoms with Crippen LogP contribution in [-0.2, 0) is 5.92 Å². The van der Waals surface area contributed by atoms with Gasteiger partial charge in [-0.05, 0) is 0 Å². The maximum atomic E-state index is 12.5. The molecule has 0 aliphatic heterocycles. The maximum Gasteiger partial charge on any atom is 0.287 e. The van der Waals surface area contributed by atoms with Crippen LogP contribution in [0.3, 0.4) is 0 Å². The van der Waals surface area contributed by atoms with Crippen molar-refractivity contribution < 1.29 is 8.78 Å². The Morgan fingerprint density at radius 2 is 2.36 bits per heavy atom. The van der Waals surface area contributed by atoms with E-state index < -0.39 is 5.92 Å². The summed E-state index contributed by atoms with van der Waals surface area (Å²) >= 11 is 6.19. The zero-order valence-electron chi connectivity index (χ0n) is 5.57. The number of aromatic nitrogens is 1. The van der Waals surface area contributed by atoms with Crippen molar-refractivity contribution in [3.8, 4) is 0 Å². The fraction of sp³-hybridized carbons (Fsp3) is 0.400. The first-order chi connectivity index (χ1) is 5.04. The van der Waals surface area contributed by atoms with E-state index in [9.17, 15) is 8.78 Å². The summed E-state index contributed by atoms with van der Waals surface area (Å²) in [6.45, 7) is 0.792. The Labute approximate surface area is 71.3 Å². The number of halogens is 3. The van der Waals surface area contributed by atoms with E-state index in [2.05, 4.69) is 9.82 Å². The number of nitrogens with one attached hydrogen (secondary N) is 1. The normalized spacial score (nSPS) is 11.6. The fourth-order valence-electron chi connectivity index (χ4n) is 0.519. The Morgan fingerprint density at radius 1 is 1.73 bits per heavy atom. The van der Waals surface area contributed by atoms with Gasteiger partial charge in [-0.15, -0.1) is 11.3 Å². The second-order valence-electron chi connectivity index (χ2n) is 2.02. The predicted molar refractivity (Wildman–Crippen MR) is 41.2 cm³/mol. The van der Waals surface area contributed by atoms with Crippen molar-refractivity contribution in [3.63, 3.8) is 0 Å². The van der Waals surface area contributed by atoms with E-state index in [-0.39, 0.29) is 10.8 Å². The Kier molecular flexibility index (Phi) is 2.29. The quantitative estimate of drug-likeness (QED) is 0.740. The lowest BCUT2D eigenvalue weighted by Crippen LogP contribution is -2.06. The van der Waals surface area contributed by atoms with Crippen molar-refractivity contribution in [2.45, 2.75) is 12.8 Å². The fourth-order valence-corrected chi connectivity index (χ4v) is 1.37. The largest absolute Gasteiger partial charge is 0.287 e. The second kappa shape index (κ2) is 2.91. The summed E-state index contributed by atoms with van der Waals surface area (Å²) in [7, 11) is 0. The molecule has 0 fully saturated rings. The van der Waals surface area contributed by atoms with E-state index in [1.165, 1.54) is 5.38 Å². The lowest BCUT2D eigenvalue weighted by molar-refractivity contribution is 0.0135. The number of hydrogen-bond acceptors (Lipinski definition) is 3. The van der Waals surface area contributed by atoms with Crippen molar-refractivity contribution in [1.29, 1.82) is 0 Å². The molecule has 1 aromatic heterocycles. The molecule has 1 rings (SSSR count). The van der Waals surface area contributed by atoms with Crippen LogP contribution >= 0.6 is 23.1 Å². The molecule has 0 saturated carbocycles. The third kappa shape index (κ3) is 2.00. The third-order valence-electron chi connectivity index (χ3n) is 1.03. The average Bonchev–Trinajstić information content (AvgIpc) is 2.32. The van der Waals surface area contributed by atoms with Gasteiger partial charge < -0.3 is 0 Å². The summed E-state index contributed by atoms with van der Waals surface area (Å²) in [5, 5.41) is 1.55. The van der Waals surface area contributed by atoms with Crippen molar-refractivity contribution in [1.82, 2.24) is 4.98 Å². The van der Waals surface area contributed by atoms with E-state index in [1.807, 2.05) is 0 Å². The first-order valence-electron chi connectivity index (χ1n) is 2.74. The lowest BCUT2D eigenvalue weighted by Gasteiger charge is -2.04. The maximum absolute atomic E-state index is 12.5. The zero-order chi connectivity index (χ0) is 8.48. The molecule has 11 heavy (non-hydrogen) atoms. The molecule has 1 heterocycles. The highest BCUT2D eigenvalue weighted by molar-refractivity contribution is 7.14. The van der Waals surface area contributed by atoms with Crippen LogP contribution < -0.4 is 4.84 Å². The Bertz CT molecular complexity index is 245. The molecule has 6 heteroatoms. The highest BCUT2D eigenvalue weighted by Gasteiger charge is 2.27. The van der Waals surface area contributed by atoms with Gasteiger partial charge in [-0.25, -0.2) is 4.98 Å². The van der Waals surface area contributed by atoms with Gasteiger partial charge in [0.2, 0.25) is 0 Å². The van der Waals surface area contributed by atoms with Gasteiger partial charge in [-0.1, -0.05) is 0 Å². The van der Waals surface area contributed by atoms with E-state index in [1.54, 1.807) is 0 Å². The van der Waals surface area contributed by atoms with E-state index >= 15 is 0 Å². The minimum absolute atomic E-state index is 0.259. The number of alkyl halides is 2. The lowest BCUT2D eigenvalue weighted by atomic mass is 10.3. The summed E-state index contributed by atoms with van der Waals surface area (Å²) in [6.07, 6.45) is 0. The summed E-state index contributed by atoms with van der Waals surface area (Å²) in [5.74, 6) is -2.89. The molecule has 0 aromatic carbocycles. The molecule has 0 spiro atoms. The minimum Gasteiger partial charge on any atom is -0.274 e. The molecule has 0 amide bonds. The Hall–Kier alpha value is -0.420. The van der Waals surface area contributed by atoms with Crippen molar-refractivity contribution >= 4 is 28.2 Å². The molecule has 0 aliphatic carbocycles. The number of thiazole rings is 1. The molecule has 62 valence electrons. The van der Waals surface area contributed by atoms with Gasteiger partial charge in [0.15, 0.2) is 5.13 Å². The monoisotopic (exact) mass is 198 g/mol. The van der Waals surface area contributed by atoms with Gasteiger partial charge in [-0.3, -0.25) is 4.84 Å². The SMILES string of the molecule is CC(F)(F)c1csc(NCl)n1. The topological polar surface area (TPSA) is 24.9 Å². The van der Waals surface area contributed by atoms with Crippen LogP contribution in [0.5, 0.6) is 0 Å². The van der Waals surface area contributed by atoms with Crippen molar-refractivity contribution in [2.75, 3.05) is 4.84 Å². The summed E-state index contributed by atoms with van der Waals surface area (Å²) in [5.41, 5.74) is -0.259. The third-order valence-corrected chi connectivity index (χ3v) is 2.08. The van der Waals surface area contributed by atoms with Crippen molar-refractivity contribution in [3.05, 3.63) is 11.1 Å². The van der Waals surface area contributed by atoms with Gasteiger partial charge >= 0.3 is 0 Å². The van der Waals surface area contributed by atoms with Gasteiger partial charge in [0.1, 0.15) is 5.69 Å². The molecule has 0 bridgehead atoms. The molecule has 2 nitrogen and oxygen atoms in total.